The maximum Gasteiger partial charge on any atom is 0.211 e. The fraction of sp³-hybridized carbons (Fsp3) is 0.346. The average molecular weight is 504 g/mol. The van der Waals surface area contributed by atoms with Crippen molar-refractivity contribution in [2.45, 2.75) is 38.1 Å². The summed E-state index contributed by atoms with van der Waals surface area (Å²) in [5.41, 5.74) is 13.7. The van der Waals surface area contributed by atoms with Crippen LogP contribution in [0.15, 0.2) is 48.9 Å². The van der Waals surface area contributed by atoms with E-state index in [4.69, 9.17) is 10.8 Å². The van der Waals surface area contributed by atoms with Crippen molar-refractivity contribution in [1.82, 2.24) is 28.7 Å². The second-order valence-electron chi connectivity index (χ2n) is 9.74. The number of nitrogen functional groups attached to an aromatic ring is 1. The Labute approximate surface area is 210 Å². The molecule has 4 heterocycles. The zero-order valence-electron chi connectivity index (χ0n) is 20.2. The number of fused-ring (bicyclic) bond motifs is 2. The predicted octanol–water partition coefficient (Wildman–Crippen LogP) is 3.18. The highest BCUT2D eigenvalue weighted by Gasteiger charge is 2.30. The van der Waals surface area contributed by atoms with Crippen LogP contribution in [0.1, 0.15) is 53.3 Å². The molecule has 2 aliphatic rings. The summed E-state index contributed by atoms with van der Waals surface area (Å²) in [5, 5.41) is 9.38. The molecule has 0 amide bonds. The Balaban J connectivity index is 1.38. The molecule has 0 bridgehead atoms. The van der Waals surface area contributed by atoms with Crippen LogP contribution in [0.4, 0.5) is 5.82 Å². The molecule has 1 aliphatic heterocycles. The number of benzene rings is 1. The molecule has 9 nitrogen and oxygen atoms in total. The van der Waals surface area contributed by atoms with Crippen molar-refractivity contribution in [3.63, 3.8) is 0 Å². The van der Waals surface area contributed by atoms with Gasteiger partial charge in [-0.2, -0.15) is 10.2 Å². The van der Waals surface area contributed by atoms with E-state index < -0.39 is 10.0 Å². The minimum absolute atomic E-state index is 0.0360. The van der Waals surface area contributed by atoms with Gasteiger partial charge in [-0.25, -0.2) is 22.2 Å². The molecule has 1 fully saturated rings. The third kappa shape index (κ3) is 4.20. The van der Waals surface area contributed by atoms with Gasteiger partial charge in [-0.15, -0.1) is 0 Å². The van der Waals surface area contributed by atoms with Gasteiger partial charge < -0.3 is 5.73 Å². The summed E-state index contributed by atoms with van der Waals surface area (Å²) in [6.45, 7) is 1.74. The van der Waals surface area contributed by atoms with E-state index in [2.05, 4.69) is 40.6 Å². The summed E-state index contributed by atoms with van der Waals surface area (Å²) in [4.78, 5) is 4.26. The number of hydrogen-bond acceptors (Lipinski definition) is 6. The van der Waals surface area contributed by atoms with E-state index in [0.717, 1.165) is 60.3 Å². The molecule has 1 atom stereocenters. The Morgan fingerprint density at radius 2 is 2.00 bits per heavy atom. The summed E-state index contributed by atoms with van der Waals surface area (Å²) < 4.78 is 29.9. The molecule has 10 heteroatoms. The van der Waals surface area contributed by atoms with Crippen molar-refractivity contribution in [1.29, 1.82) is 0 Å². The lowest BCUT2D eigenvalue weighted by atomic mass is 9.91. The third-order valence-corrected chi connectivity index (χ3v) is 8.53. The van der Waals surface area contributed by atoms with Crippen LogP contribution in [0.2, 0.25) is 0 Å². The lowest BCUT2D eigenvalue weighted by Crippen LogP contribution is -2.38. The molecule has 3 aromatic heterocycles. The van der Waals surface area contributed by atoms with Crippen molar-refractivity contribution in [3.8, 4) is 0 Å². The Morgan fingerprint density at radius 3 is 2.81 bits per heavy atom. The van der Waals surface area contributed by atoms with Crippen molar-refractivity contribution in [2.75, 3.05) is 25.1 Å². The van der Waals surface area contributed by atoms with Gasteiger partial charge in [-0.3, -0.25) is 4.68 Å². The molecule has 36 heavy (non-hydrogen) atoms. The van der Waals surface area contributed by atoms with Gasteiger partial charge in [0.25, 0.3) is 0 Å². The lowest BCUT2D eigenvalue weighted by Gasteiger charge is -2.30. The number of rotatable bonds is 5. The minimum atomic E-state index is -3.25. The molecule has 2 N–H and O–H groups in total. The Hall–Kier alpha value is -3.50. The van der Waals surface area contributed by atoms with Gasteiger partial charge in [0.2, 0.25) is 10.0 Å². The van der Waals surface area contributed by atoms with Crippen LogP contribution in [0.5, 0.6) is 0 Å². The Morgan fingerprint density at radius 1 is 1.17 bits per heavy atom. The van der Waals surface area contributed by atoms with Crippen LogP contribution >= 0.6 is 0 Å². The van der Waals surface area contributed by atoms with Crippen molar-refractivity contribution < 1.29 is 8.42 Å². The molecule has 186 valence electrons. The number of hydrogen-bond donors (Lipinski definition) is 1. The quantitative estimate of drug-likeness (QED) is 0.448. The molecule has 4 aromatic rings. The third-order valence-electron chi connectivity index (χ3n) is 7.26. The van der Waals surface area contributed by atoms with E-state index >= 15 is 0 Å². The molecule has 0 radical (unpaired) electrons. The summed E-state index contributed by atoms with van der Waals surface area (Å²) >= 11 is 0. The Kier molecular flexibility index (Phi) is 5.65. The van der Waals surface area contributed by atoms with Crippen LogP contribution in [0.25, 0.3) is 17.2 Å². The predicted molar refractivity (Wildman–Crippen MR) is 140 cm³/mol. The van der Waals surface area contributed by atoms with E-state index in [0.29, 0.717) is 18.9 Å². The van der Waals surface area contributed by atoms with Crippen LogP contribution in [-0.4, -0.2) is 56.4 Å². The molecule has 1 unspecified atom stereocenters. The first kappa shape index (κ1) is 22.9. The monoisotopic (exact) mass is 503 g/mol. The second kappa shape index (κ2) is 8.86. The molecule has 1 aromatic carbocycles. The normalized spacial score (nSPS) is 18.8. The lowest BCUT2D eigenvalue weighted by molar-refractivity contribution is 0.312. The topological polar surface area (TPSA) is 111 Å². The number of sulfonamides is 1. The number of aryl methyl sites for hydroxylation is 1. The molecular formula is C26H29N7O2S. The van der Waals surface area contributed by atoms with E-state index in [-0.39, 0.29) is 5.92 Å². The summed E-state index contributed by atoms with van der Waals surface area (Å²) in [7, 11) is -3.25. The van der Waals surface area contributed by atoms with Crippen molar-refractivity contribution in [3.05, 3.63) is 77.0 Å². The zero-order valence-corrected chi connectivity index (χ0v) is 21.0. The molecule has 0 saturated carbocycles. The zero-order chi connectivity index (χ0) is 24.9. The fourth-order valence-electron chi connectivity index (χ4n) is 5.47. The number of allylic oxidation sites excluding steroid dienone is 1. The van der Waals surface area contributed by atoms with Crippen LogP contribution in [-0.2, 0) is 23.0 Å². The second-order valence-corrected chi connectivity index (χ2v) is 11.7. The highest BCUT2D eigenvalue weighted by Crippen LogP contribution is 2.38. The van der Waals surface area contributed by atoms with Crippen molar-refractivity contribution >= 4 is 33.0 Å². The van der Waals surface area contributed by atoms with E-state index in [9.17, 15) is 8.42 Å². The number of anilines is 1. The average Bonchev–Trinajstić information content (AvgIpc) is 3.45. The number of piperidine rings is 1. The van der Waals surface area contributed by atoms with Gasteiger partial charge in [0.1, 0.15) is 11.8 Å². The van der Waals surface area contributed by atoms with Crippen molar-refractivity contribution in [2.24, 2.45) is 0 Å². The number of nitrogens with two attached hydrogens (primary N) is 1. The maximum absolute atomic E-state index is 12.2. The van der Waals surface area contributed by atoms with Gasteiger partial charge in [0.05, 0.1) is 18.5 Å². The highest BCUT2D eigenvalue weighted by molar-refractivity contribution is 7.88. The fourth-order valence-corrected chi connectivity index (χ4v) is 6.39. The first-order valence-electron chi connectivity index (χ1n) is 12.3. The van der Waals surface area contributed by atoms with Crippen LogP contribution < -0.4 is 5.73 Å². The number of aromatic nitrogens is 5. The first-order chi connectivity index (χ1) is 17.4. The van der Waals surface area contributed by atoms with Gasteiger partial charge in [0, 0.05) is 36.5 Å². The standard InChI is InChI=1S/C26H29N7O2S/c1-36(34,35)32-11-5-8-21(16-32)24-13-22(25-26(27)28-17-29-33(24)25)19-9-10-20-15-31(30-23(20)12-19)14-18-6-3-2-4-7-18/h2-4,6-7,12-13,15,17,21H,5,8-11,14,16H2,1H3,(H2,27,28,29). The van der Waals surface area contributed by atoms with Gasteiger partial charge in [-0.1, -0.05) is 30.3 Å². The maximum atomic E-state index is 12.2. The van der Waals surface area contributed by atoms with E-state index in [1.54, 1.807) is 4.31 Å². The molecule has 1 saturated heterocycles. The summed E-state index contributed by atoms with van der Waals surface area (Å²) in [6.07, 6.45) is 10.5. The molecule has 1 aliphatic carbocycles. The molecule has 6 rings (SSSR count). The summed E-state index contributed by atoms with van der Waals surface area (Å²) in [5.74, 6) is 0.456. The smallest absolute Gasteiger partial charge is 0.211 e. The molecular weight excluding hydrogens is 474 g/mol. The van der Waals surface area contributed by atoms with Crippen LogP contribution in [0, 0.1) is 0 Å². The SMILES string of the molecule is CS(=O)(=O)N1CCCC(c2cc(C3=Cc4nn(Cc5ccccc5)cc4CC3)c3c(N)ncnn23)C1. The van der Waals surface area contributed by atoms with E-state index in [1.807, 2.05) is 27.4 Å². The van der Waals surface area contributed by atoms with Gasteiger partial charge in [-0.05, 0) is 54.5 Å². The van der Waals surface area contributed by atoms with E-state index in [1.165, 1.54) is 23.7 Å². The highest BCUT2D eigenvalue weighted by atomic mass is 32.2. The van der Waals surface area contributed by atoms with Crippen LogP contribution in [0.3, 0.4) is 0 Å². The van der Waals surface area contributed by atoms with Gasteiger partial charge >= 0.3 is 0 Å². The number of nitrogens with zero attached hydrogens (tertiary/aromatic N) is 6. The first-order valence-corrected chi connectivity index (χ1v) is 14.1. The molecule has 0 spiro atoms. The summed E-state index contributed by atoms with van der Waals surface area (Å²) in [6, 6.07) is 12.4. The Bertz CT molecular complexity index is 1570. The van der Waals surface area contributed by atoms with Gasteiger partial charge in [0.15, 0.2) is 5.82 Å². The minimum Gasteiger partial charge on any atom is -0.382 e. The largest absolute Gasteiger partial charge is 0.382 e.